The molecule has 5 heteroatoms. The van der Waals surface area contributed by atoms with E-state index in [1.807, 2.05) is 36.4 Å². The number of benzene rings is 3. The molecule has 0 unspecified atom stereocenters. The number of hydrazone groups is 1. The van der Waals surface area contributed by atoms with E-state index in [2.05, 4.69) is 29.6 Å². The number of carbonyl (C=O) groups excluding carboxylic acids is 1. The second-order valence-corrected chi connectivity index (χ2v) is 6.13. The van der Waals surface area contributed by atoms with Gasteiger partial charge in [0.05, 0.1) is 11.8 Å². The molecule has 0 heterocycles. The first-order valence-electron chi connectivity index (χ1n) is 8.58. The van der Waals surface area contributed by atoms with Crippen LogP contribution in [-0.2, 0) is 6.61 Å². The highest BCUT2D eigenvalue weighted by Gasteiger charge is 2.06. The third-order valence-corrected chi connectivity index (χ3v) is 3.95. The number of hydrogen-bond donors (Lipinski definition) is 2. The third-order valence-electron chi connectivity index (χ3n) is 3.95. The summed E-state index contributed by atoms with van der Waals surface area (Å²) in [5.41, 5.74) is 12.2. The van der Waals surface area contributed by atoms with Crippen molar-refractivity contribution < 1.29 is 9.53 Å². The molecule has 0 saturated heterocycles. The van der Waals surface area contributed by atoms with Gasteiger partial charge in [0.2, 0.25) is 0 Å². The van der Waals surface area contributed by atoms with Crippen LogP contribution in [0.1, 0.15) is 27.0 Å². The van der Waals surface area contributed by atoms with E-state index in [9.17, 15) is 4.79 Å². The van der Waals surface area contributed by atoms with Crippen LogP contribution in [0.2, 0.25) is 0 Å². The van der Waals surface area contributed by atoms with Crippen LogP contribution in [0.3, 0.4) is 0 Å². The van der Waals surface area contributed by atoms with Gasteiger partial charge in [0.1, 0.15) is 12.4 Å². The van der Waals surface area contributed by atoms with Crippen molar-refractivity contribution in [2.24, 2.45) is 5.10 Å². The molecule has 3 aromatic carbocycles. The molecule has 0 radical (unpaired) electrons. The van der Waals surface area contributed by atoms with E-state index >= 15 is 0 Å². The molecule has 136 valence electrons. The summed E-state index contributed by atoms with van der Waals surface area (Å²) < 4.78 is 5.79. The minimum atomic E-state index is -0.345. The van der Waals surface area contributed by atoms with Gasteiger partial charge in [-0.1, -0.05) is 42.0 Å². The zero-order chi connectivity index (χ0) is 19.1. The summed E-state index contributed by atoms with van der Waals surface area (Å²) >= 11 is 0. The number of nitrogens with two attached hydrogens (primary N) is 1. The largest absolute Gasteiger partial charge is 0.489 e. The number of anilines is 1. The zero-order valence-corrected chi connectivity index (χ0v) is 15.1. The molecule has 0 aliphatic heterocycles. The van der Waals surface area contributed by atoms with Gasteiger partial charge in [-0.3, -0.25) is 4.79 Å². The molecular weight excluding hydrogens is 338 g/mol. The number of para-hydroxylation sites is 1. The molecule has 0 bridgehead atoms. The van der Waals surface area contributed by atoms with E-state index < -0.39 is 0 Å². The van der Waals surface area contributed by atoms with E-state index in [0.717, 1.165) is 16.9 Å². The van der Waals surface area contributed by atoms with Crippen molar-refractivity contribution in [2.45, 2.75) is 13.5 Å². The maximum atomic E-state index is 12.0. The number of rotatable bonds is 6. The molecule has 1 amide bonds. The molecule has 0 aliphatic carbocycles. The first-order valence-corrected chi connectivity index (χ1v) is 8.58. The Bertz CT molecular complexity index is 950. The average molecular weight is 359 g/mol. The average Bonchev–Trinajstić information content (AvgIpc) is 2.68. The topological polar surface area (TPSA) is 76.7 Å². The minimum absolute atomic E-state index is 0.345. The molecule has 0 spiro atoms. The van der Waals surface area contributed by atoms with Gasteiger partial charge in [0.15, 0.2) is 0 Å². The Morgan fingerprint density at radius 1 is 1.07 bits per heavy atom. The quantitative estimate of drug-likeness (QED) is 0.398. The number of aryl methyl sites for hydroxylation is 1. The molecular formula is C22H21N3O2. The van der Waals surface area contributed by atoms with E-state index in [-0.39, 0.29) is 5.91 Å². The van der Waals surface area contributed by atoms with Crippen molar-refractivity contribution >= 4 is 17.8 Å². The third kappa shape index (κ3) is 5.19. The Balaban J connectivity index is 1.53. The summed E-state index contributed by atoms with van der Waals surface area (Å²) in [6, 6.07) is 22.6. The van der Waals surface area contributed by atoms with Crippen LogP contribution < -0.4 is 15.9 Å². The number of amides is 1. The standard InChI is InChI=1S/C22H21N3O2/c1-16-5-4-6-18(13-16)15-27-19-11-9-17(10-12-19)14-24-25-22(26)20-7-2-3-8-21(20)23/h2-14H,15,23H2,1H3,(H,25,26)/b24-14+. The molecule has 27 heavy (non-hydrogen) atoms. The Hall–Kier alpha value is -3.60. The van der Waals surface area contributed by atoms with Gasteiger partial charge in [-0.15, -0.1) is 0 Å². The van der Waals surface area contributed by atoms with Gasteiger partial charge < -0.3 is 10.5 Å². The summed E-state index contributed by atoms with van der Waals surface area (Å²) in [4.78, 5) is 12.0. The van der Waals surface area contributed by atoms with E-state index in [1.165, 1.54) is 5.56 Å². The predicted molar refractivity (Wildman–Crippen MR) is 108 cm³/mol. The molecule has 3 aromatic rings. The minimum Gasteiger partial charge on any atom is -0.489 e. The van der Waals surface area contributed by atoms with E-state index in [1.54, 1.807) is 30.5 Å². The number of nitrogen functional groups attached to an aromatic ring is 1. The second-order valence-electron chi connectivity index (χ2n) is 6.13. The lowest BCUT2D eigenvalue weighted by Crippen LogP contribution is -2.18. The molecule has 0 atom stereocenters. The molecule has 0 saturated carbocycles. The van der Waals surface area contributed by atoms with Crippen LogP contribution in [0.5, 0.6) is 5.75 Å². The summed E-state index contributed by atoms with van der Waals surface area (Å²) in [5.74, 6) is 0.428. The van der Waals surface area contributed by atoms with Crippen LogP contribution in [0.4, 0.5) is 5.69 Å². The highest BCUT2D eigenvalue weighted by molar-refractivity contribution is 5.99. The maximum Gasteiger partial charge on any atom is 0.273 e. The van der Waals surface area contributed by atoms with Gasteiger partial charge in [0.25, 0.3) is 5.91 Å². The second kappa shape index (κ2) is 8.67. The van der Waals surface area contributed by atoms with Crippen molar-refractivity contribution in [1.82, 2.24) is 5.43 Å². The Labute approximate surface area is 158 Å². The number of ether oxygens (including phenoxy) is 1. The number of nitrogens with one attached hydrogen (secondary N) is 1. The smallest absolute Gasteiger partial charge is 0.273 e. The van der Waals surface area contributed by atoms with Gasteiger partial charge in [-0.05, 0) is 54.4 Å². The summed E-state index contributed by atoms with van der Waals surface area (Å²) in [5, 5.41) is 3.97. The summed E-state index contributed by atoms with van der Waals surface area (Å²) in [6.45, 7) is 2.58. The van der Waals surface area contributed by atoms with Crippen LogP contribution >= 0.6 is 0 Å². The first-order chi connectivity index (χ1) is 13.1. The Morgan fingerprint density at radius 2 is 1.85 bits per heavy atom. The Kier molecular flexibility index (Phi) is 5.84. The van der Waals surface area contributed by atoms with E-state index in [0.29, 0.717) is 17.9 Å². The number of carbonyl (C=O) groups is 1. The van der Waals surface area contributed by atoms with Crippen molar-refractivity contribution in [1.29, 1.82) is 0 Å². The van der Waals surface area contributed by atoms with Crippen LogP contribution in [0.15, 0.2) is 77.9 Å². The van der Waals surface area contributed by atoms with Gasteiger partial charge in [0, 0.05) is 5.69 Å². The van der Waals surface area contributed by atoms with Crippen molar-refractivity contribution in [2.75, 3.05) is 5.73 Å². The molecule has 0 aromatic heterocycles. The van der Waals surface area contributed by atoms with Gasteiger partial charge in [-0.2, -0.15) is 5.10 Å². The van der Waals surface area contributed by atoms with Crippen molar-refractivity contribution in [3.63, 3.8) is 0 Å². The van der Waals surface area contributed by atoms with Gasteiger partial charge in [-0.25, -0.2) is 5.43 Å². The SMILES string of the molecule is Cc1cccc(COc2ccc(/C=N/NC(=O)c3ccccc3N)cc2)c1. The summed E-state index contributed by atoms with van der Waals surface area (Å²) in [7, 11) is 0. The highest BCUT2D eigenvalue weighted by atomic mass is 16.5. The molecule has 3 rings (SSSR count). The van der Waals surface area contributed by atoms with Crippen LogP contribution in [-0.4, -0.2) is 12.1 Å². The molecule has 3 N–H and O–H groups in total. The first kappa shape index (κ1) is 18.2. The van der Waals surface area contributed by atoms with Crippen LogP contribution in [0, 0.1) is 6.92 Å². The lowest BCUT2D eigenvalue weighted by Gasteiger charge is -2.07. The fourth-order valence-electron chi connectivity index (χ4n) is 2.55. The molecule has 5 nitrogen and oxygen atoms in total. The lowest BCUT2D eigenvalue weighted by molar-refractivity contribution is 0.0956. The number of hydrogen-bond acceptors (Lipinski definition) is 4. The van der Waals surface area contributed by atoms with Crippen molar-refractivity contribution in [3.8, 4) is 5.75 Å². The normalized spacial score (nSPS) is 10.7. The molecule has 0 fully saturated rings. The molecule has 0 aliphatic rings. The van der Waals surface area contributed by atoms with E-state index in [4.69, 9.17) is 10.5 Å². The fraction of sp³-hybridized carbons (Fsp3) is 0.0909. The van der Waals surface area contributed by atoms with Crippen molar-refractivity contribution in [3.05, 3.63) is 95.1 Å². The predicted octanol–water partition coefficient (Wildman–Crippen LogP) is 3.92. The monoisotopic (exact) mass is 359 g/mol. The summed E-state index contributed by atoms with van der Waals surface area (Å²) in [6.07, 6.45) is 1.57. The fourth-order valence-corrected chi connectivity index (χ4v) is 2.55. The highest BCUT2D eigenvalue weighted by Crippen LogP contribution is 2.14. The zero-order valence-electron chi connectivity index (χ0n) is 15.1. The lowest BCUT2D eigenvalue weighted by atomic mass is 10.1. The number of nitrogens with zero attached hydrogens (tertiary/aromatic N) is 1. The van der Waals surface area contributed by atoms with Gasteiger partial charge >= 0.3 is 0 Å². The Morgan fingerprint density at radius 3 is 2.59 bits per heavy atom. The van der Waals surface area contributed by atoms with Crippen LogP contribution in [0.25, 0.3) is 0 Å². The maximum absolute atomic E-state index is 12.0.